The van der Waals surface area contributed by atoms with Gasteiger partial charge < -0.3 is 16.2 Å². The number of benzene rings is 1. The van der Waals surface area contributed by atoms with E-state index in [2.05, 4.69) is 4.98 Å². The molecule has 0 radical (unpaired) electrons. The number of hydrogen-bond donors (Lipinski definition) is 2. The number of carbonyl (C=O) groups excluding carboxylic acids is 1. The van der Waals surface area contributed by atoms with Crippen molar-refractivity contribution in [2.75, 3.05) is 5.73 Å². The van der Waals surface area contributed by atoms with Crippen LogP contribution in [0.3, 0.4) is 0 Å². The second-order valence-electron chi connectivity index (χ2n) is 4.63. The number of hydrogen-bond acceptors (Lipinski definition) is 4. The molecule has 0 aliphatic heterocycles. The lowest BCUT2D eigenvalue weighted by Crippen LogP contribution is -2.11. The van der Waals surface area contributed by atoms with Gasteiger partial charge in [0.1, 0.15) is 6.61 Å². The molecule has 1 aromatic heterocycles. The zero-order valence-electron chi connectivity index (χ0n) is 11.5. The van der Waals surface area contributed by atoms with Crippen molar-refractivity contribution in [3.05, 3.63) is 52.7 Å². The highest BCUT2D eigenvalue weighted by molar-refractivity contribution is 5.93. The second-order valence-corrected chi connectivity index (χ2v) is 4.63. The summed E-state index contributed by atoms with van der Waals surface area (Å²) in [4.78, 5) is 15.2. The number of carbonyl (C=O) groups is 1. The van der Waals surface area contributed by atoms with E-state index in [4.69, 9.17) is 16.2 Å². The third-order valence-corrected chi connectivity index (χ3v) is 3.04. The number of anilines is 1. The van der Waals surface area contributed by atoms with Crippen LogP contribution >= 0.6 is 0 Å². The Morgan fingerprint density at radius 2 is 2.00 bits per heavy atom. The van der Waals surface area contributed by atoms with Crippen molar-refractivity contribution in [2.24, 2.45) is 5.73 Å². The van der Waals surface area contributed by atoms with Crippen LogP contribution in [0.15, 0.2) is 30.3 Å². The zero-order chi connectivity index (χ0) is 14.7. The van der Waals surface area contributed by atoms with Crippen LogP contribution in [0.1, 0.15) is 27.2 Å². The average Bonchev–Trinajstić information content (AvgIpc) is 2.38. The lowest BCUT2D eigenvalue weighted by atomic mass is 10.1. The molecule has 5 heteroatoms. The number of amides is 1. The summed E-state index contributed by atoms with van der Waals surface area (Å²) in [7, 11) is 0. The van der Waals surface area contributed by atoms with E-state index in [0.29, 0.717) is 23.7 Å². The van der Waals surface area contributed by atoms with E-state index in [9.17, 15) is 4.79 Å². The summed E-state index contributed by atoms with van der Waals surface area (Å²) in [6.45, 7) is 4.13. The highest BCUT2D eigenvalue weighted by Gasteiger charge is 2.07. The van der Waals surface area contributed by atoms with Gasteiger partial charge in [-0.1, -0.05) is 6.07 Å². The lowest BCUT2D eigenvalue weighted by molar-refractivity contribution is 0.1000. The Morgan fingerprint density at radius 3 is 2.60 bits per heavy atom. The van der Waals surface area contributed by atoms with Crippen molar-refractivity contribution in [3.63, 3.8) is 0 Å². The predicted octanol–water partition coefficient (Wildman–Crippen LogP) is 1.96. The van der Waals surface area contributed by atoms with Gasteiger partial charge in [0.05, 0.1) is 0 Å². The second kappa shape index (κ2) is 5.61. The molecular weight excluding hydrogens is 254 g/mol. The molecule has 0 atom stereocenters. The third-order valence-electron chi connectivity index (χ3n) is 3.04. The van der Waals surface area contributed by atoms with Gasteiger partial charge in [0.25, 0.3) is 0 Å². The summed E-state index contributed by atoms with van der Waals surface area (Å²) in [5, 5.41) is 0. The number of nitrogens with zero attached hydrogens (tertiary/aromatic N) is 1. The molecule has 5 nitrogen and oxygen atoms in total. The molecule has 0 saturated heterocycles. The molecule has 0 saturated carbocycles. The van der Waals surface area contributed by atoms with Crippen LogP contribution in [0.4, 0.5) is 5.82 Å². The van der Waals surface area contributed by atoms with E-state index >= 15 is 0 Å². The maximum atomic E-state index is 11.1. The van der Waals surface area contributed by atoms with Crippen LogP contribution in [0.5, 0.6) is 5.75 Å². The van der Waals surface area contributed by atoms with Gasteiger partial charge in [-0.05, 0) is 49.2 Å². The van der Waals surface area contributed by atoms with Crippen LogP contribution in [0.25, 0.3) is 0 Å². The molecule has 0 aliphatic rings. The maximum Gasteiger partial charge on any atom is 0.248 e. The Balaban J connectivity index is 2.13. The first-order valence-corrected chi connectivity index (χ1v) is 6.22. The molecule has 4 N–H and O–H groups in total. The van der Waals surface area contributed by atoms with Crippen molar-refractivity contribution < 1.29 is 9.53 Å². The third kappa shape index (κ3) is 3.06. The van der Waals surface area contributed by atoms with Crippen LogP contribution in [-0.4, -0.2) is 10.9 Å². The summed E-state index contributed by atoms with van der Waals surface area (Å²) in [5.41, 5.74) is 14.3. The molecule has 0 spiro atoms. The Morgan fingerprint density at radius 1 is 1.25 bits per heavy atom. The lowest BCUT2D eigenvalue weighted by Gasteiger charge is -2.11. The molecule has 0 aliphatic carbocycles. The molecule has 0 fully saturated rings. The van der Waals surface area contributed by atoms with Gasteiger partial charge in [-0.3, -0.25) is 4.79 Å². The van der Waals surface area contributed by atoms with Gasteiger partial charge in [0.2, 0.25) is 5.91 Å². The van der Waals surface area contributed by atoms with E-state index < -0.39 is 5.91 Å². The smallest absolute Gasteiger partial charge is 0.248 e. The van der Waals surface area contributed by atoms with Crippen LogP contribution < -0.4 is 16.2 Å². The van der Waals surface area contributed by atoms with Crippen molar-refractivity contribution in [3.8, 4) is 5.75 Å². The molecule has 2 aromatic rings. The topological polar surface area (TPSA) is 91.2 Å². The number of rotatable bonds is 4. The minimum atomic E-state index is -0.437. The fourth-order valence-electron chi connectivity index (χ4n) is 1.85. The monoisotopic (exact) mass is 271 g/mol. The molecule has 2 rings (SSSR count). The number of ether oxygens (including phenoxy) is 1. The van der Waals surface area contributed by atoms with Gasteiger partial charge in [-0.2, -0.15) is 0 Å². The molecule has 1 aromatic carbocycles. The van der Waals surface area contributed by atoms with Gasteiger partial charge in [0, 0.05) is 11.3 Å². The summed E-state index contributed by atoms with van der Waals surface area (Å²) >= 11 is 0. The summed E-state index contributed by atoms with van der Waals surface area (Å²) in [6.07, 6.45) is 0. The first kappa shape index (κ1) is 13.9. The molecule has 0 bridgehead atoms. The number of nitrogen functional groups attached to an aromatic ring is 1. The summed E-state index contributed by atoms with van der Waals surface area (Å²) < 4.78 is 5.66. The summed E-state index contributed by atoms with van der Waals surface area (Å²) in [6, 6.07) is 8.90. The largest absolute Gasteiger partial charge is 0.485 e. The fraction of sp³-hybridized carbons (Fsp3) is 0.200. The Labute approximate surface area is 117 Å². The van der Waals surface area contributed by atoms with Gasteiger partial charge in [0.15, 0.2) is 11.6 Å². The Hall–Kier alpha value is -2.56. The molecule has 1 amide bonds. The molecule has 1 heterocycles. The zero-order valence-corrected chi connectivity index (χ0v) is 11.5. The van der Waals surface area contributed by atoms with Crippen LogP contribution in [-0.2, 0) is 6.61 Å². The van der Waals surface area contributed by atoms with E-state index in [1.807, 2.05) is 26.0 Å². The molecular formula is C15H17N3O2. The maximum absolute atomic E-state index is 11.1. The van der Waals surface area contributed by atoms with E-state index in [-0.39, 0.29) is 0 Å². The SMILES string of the molecule is Cc1ccc(OCc2ccc(C(N)=O)cc2C)c(N)n1. The number of aryl methyl sites for hydroxylation is 2. The highest BCUT2D eigenvalue weighted by Crippen LogP contribution is 2.21. The van der Waals surface area contributed by atoms with E-state index in [0.717, 1.165) is 16.8 Å². The van der Waals surface area contributed by atoms with Crippen LogP contribution in [0.2, 0.25) is 0 Å². The van der Waals surface area contributed by atoms with Crippen molar-refractivity contribution in [1.82, 2.24) is 4.98 Å². The fourth-order valence-corrected chi connectivity index (χ4v) is 1.85. The molecule has 104 valence electrons. The number of aromatic nitrogens is 1. The standard InChI is InChI=1S/C15H17N3O2/c1-9-7-11(15(17)19)4-5-12(9)8-20-13-6-3-10(2)18-14(13)16/h3-7H,8H2,1-2H3,(H2,16,18)(H2,17,19). The van der Waals surface area contributed by atoms with Crippen molar-refractivity contribution >= 4 is 11.7 Å². The summed E-state index contributed by atoms with van der Waals surface area (Å²) in [5.74, 6) is 0.484. The first-order chi connectivity index (χ1) is 9.47. The molecule has 0 unspecified atom stereocenters. The van der Waals surface area contributed by atoms with E-state index in [1.54, 1.807) is 18.2 Å². The van der Waals surface area contributed by atoms with Crippen molar-refractivity contribution in [1.29, 1.82) is 0 Å². The number of primary amides is 1. The Bertz CT molecular complexity index is 654. The van der Waals surface area contributed by atoms with Gasteiger partial charge >= 0.3 is 0 Å². The van der Waals surface area contributed by atoms with Crippen LogP contribution in [0, 0.1) is 13.8 Å². The normalized spacial score (nSPS) is 10.3. The quantitative estimate of drug-likeness (QED) is 0.889. The minimum absolute atomic E-state index is 0.361. The predicted molar refractivity (Wildman–Crippen MR) is 77.4 cm³/mol. The van der Waals surface area contributed by atoms with E-state index in [1.165, 1.54) is 0 Å². The first-order valence-electron chi connectivity index (χ1n) is 6.22. The molecule has 20 heavy (non-hydrogen) atoms. The highest BCUT2D eigenvalue weighted by atomic mass is 16.5. The minimum Gasteiger partial charge on any atom is -0.485 e. The number of pyridine rings is 1. The van der Waals surface area contributed by atoms with Crippen molar-refractivity contribution in [2.45, 2.75) is 20.5 Å². The van der Waals surface area contributed by atoms with Gasteiger partial charge in [-0.15, -0.1) is 0 Å². The average molecular weight is 271 g/mol. The number of nitrogens with two attached hydrogens (primary N) is 2. The Kier molecular flexibility index (Phi) is 3.89. The van der Waals surface area contributed by atoms with Gasteiger partial charge in [-0.25, -0.2) is 4.98 Å².